The van der Waals surface area contributed by atoms with Gasteiger partial charge in [-0.2, -0.15) is 4.98 Å². The molecule has 27 heavy (non-hydrogen) atoms. The number of nitrogens with zero attached hydrogens (tertiary/aromatic N) is 2. The van der Waals surface area contributed by atoms with Gasteiger partial charge in [0, 0.05) is 18.5 Å². The Kier molecular flexibility index (Phi) is 5.33. The molecular weight excluding hydrogens is 332 g/mol. The average Bonchev–Trinajstić information content (AvgIpc) is 2.72. The largest absolute Gasteiger partial charge is 0.369 e. The van der Waals surface area contributed by atoms with Crippen molar-refractivity contribution in [3.63, 3.8) is 0 Å². The summed E-state index contributed by atoms with van der Waals surface area (Å²) in [6, 6.07) is 8.19. The van der Waals surface area contributed by atoms with Gasteiger partial charge in [-0.3, -0.25) is 0 Å². The van der Waals surface area contributed by atoms with Crippen molar-refractivity contribution in [2.45, 2.75) is 26.2 Å². The minimum Gasteiger partial charge on any atom is -0.369 e. The van der Waals surface area contributed by atoms with E-state index in [0.29, 0.717) is 11.9 Å². The number of para-hydroxylation sites is 1. The molecule has 0 spiro atoms. The van der Waals surface area contributed by atoms with Gasteiger partial charge in [0.1, 0.15) is 5.82 Å². The number of fused-ring (bicyclic) bond motifs is 1. The predicted octanol–water partition coefficient (Wildman–Crippen LogP) is 5.25. The SMILES string of the molecule is CC1=C(CNc2nc(NCC3C=CC=CC3)c3ccccc3n2)CCC=C1. The zero-order chi connectivity index (χ0) is 18.5. The Balaban J connectivity index is 1.53. The molecule has 0 amide bonds. The molecule has 1 aromatic carbocycles. The van der Waals surface area contributed by atoms with Gasteiger partial charge >= 0.3 is 0 Å². The number of hydrogen-bond acceptors (Lipinski definition) is 4. The average molecular weight is 358 g/mol. The summed E-state index contributed by atoms with van der Waals surface area (Å²) in [4.78, 5) is 9.49. The molecule has 2 aliphatic rings. The maximum atomic E-state index is 4.78. The lowest BCUT2D eigenvalue weighted by Gasteiger charge is -2.17. The first-order valence-corrected chi connectivity index (χ1v) is 9.72. The van der Waals surface area contributed by atoms with Crippen LogP contribution in [0.4, 0.5) is 11.8 Å². The number of benzene rings is 1. The Morgan fingerprint density at radius 3 is 2.85 bits per heavy atom. The van der Waals surface area contributed by atoms with Crippen LogP contribution in [-0.2, 0) is 0 Å². The van der Waals surface area contributed by atoms with Gasteiger partial charge in [-0.1, -0.05) is 54.2 Å². The van der Waals surface area contributed by atoms with Crippen molar-refractivity contribution in [3.05, 3.63) is 71.9 Å². The van der Waals surface area contributed by atoms with Gasteiger partial charge in [-0.25, -0.2) is 4.98 Å². The van der Waals surface area contributed by atoms with Crippen molar-refractivity contribution >= 4 is 22.7 Å². The molecule has 4 heteroatoms. The summed E-state index contributed by atoms with van der Waals surface area (Å²) in [7, 11) is 0. The van der Waals surface area contributed by atoms with Crippen LogP contribution in [0.2, 0.25) is 0 Å². The van der Waals surface area contributed by atoms with Crippen LogP contribution in [0, 0.1) is 5.92 Å². The number of allylic oxidation sites excluding steroid dienone is 6. The Morgan fingerprint density at radius 1 is 1.07 bits per heavy atom. The first-order chi connectivity index (χ1) is 13.3. The molecular formula is C23H26N4. The van der Waals surface area contributed by atoms with Crippen LogP contribution in [0.5, 0.6) is 0 Å². The van der Waals surface area contributed by atoms with Crippen LogP contribution in [0.1, 0.15) is 26.2 Å². The van der Waals surface area contributed by atoms with Gasteiger partial charge < -0.3 is 10.6 Å². The van der Waals surface area contributed by atoms with E-state index in [1.807, 2.05) is 18.2 Å². The fourth-order valence-electron chi connectivity index (χ4n) is 3.55. The summed E-state index contributed by atoms with van der Waals surface area (Å²) in [6.45, 7) is 3.84. The summed E-state index contributed by atoms with van der Waals surface area (Å²) in [6.07, 6.45) is 16.4. The third-order valence-corrected chi connectivity index (χ3v) is 5.20. The molecule has 1 aromatic heterocycles. The first-order valence-electron chi connectivity index (χ1n) is 9.72. The van der Waals surface area contributed by atoms with E-state index in [4.69, 9.17) is 9.97 Å². The number of nitrogens with one attached hydrogen (secondary N) is 2. The van der Waals surface area contributed by atoms with Crippen LogP contribution < -0.4 is 10.6 Å². The predicted molar refractivity (Wildman–Crippen MR) is 114 cm³/mol. The summed E-state index contributed by atoms with van der Waals surface area (Å²) in [5.41, 5.74) is 3.75. The van der Waals surface area contributed by atoms with Gasteiger partial charge in [-0.15, -0.1) is 0 Å². The minimum absolute atomic E-state index is 0.502. The van der Waals surface area contributed by atoms with Crippen LogP contribution in [0.25, 0.3) is 10.9 Å². The molecule has 138 valence electrons. The van der Waals surface area contributed by atoms with Crippen LogP contribution in [0.3, 0.4) is 0 Å². The molecule has 0 fully saturated rings. The van der Waals surface area contributed by atoms with E-state index >= 15 is 0 Å². The number of hydrogen-bond donors (Lipinski definition) is 2. The highest BCUT2D eigenvalue weighted by molar-refractivity contribution is 5.90. The standard InChI is InChI=1S/C23H26N4/c1-17-9-5-6-12-19(17)16-25-23-26-21-14-8-7-13-20(21)22(27-23)24-15-18-10-3-2-4-11-18/h2-5,7-10,13-14,18H,6,11-12,15-16H2,1H3,(H2,24,25,26,27). The second-order valence-electron chi connectivity index (χ2n) is 7.18. The summed E-state index contributed by atoms with van der Waals surface area (Å²) in [5.74, 6) is 2.09. The quantitative estimate of drug-likeness (QED) is 0.740. The monoisotopic (exact) mass is 358 g/mol. The van der Waals surface area contributed by atoms with Crippen molar-refractivity contribution in [3.8, 4) is 0 Å². The Bertz CT molecular complexity index is 937. The lowest BCUT2D eigenvalue weighted by molar-refractivity contribution is 0.691. The third-order valence-electron chi connectivity index (χ3n) is 5.20. The van der Waals surface area contributed by atoms with E-state index in [1.165, 1.54) is 11.1 Å². The number of rotatable bonds is 6. The van der Waals surface area contributed by atoms with Crippen molar-refractivity contribution < 1.29 is 0 Å². The third kappa shape index (κ3) is 4.27. The molecule has 1 heterocycles. The van der Waals surface area contributed by atoms with E-state index in [9.17, 15) is 0 Å². The highest BCUT2D eigenvalue weighted by Crippen LogP contribution is 2.24. The molecule has 0 saturated heterocycles. The molecule has 4 rings (SSSR count). The summed E-state index contributed by atoms with van der Waals surface area (Å²) in [5, 5.41) is 8.05. The van der Waals surface area contributed by atoms with Gasteiger partial charge in [0.2, 0.25) is 5.95 Å². The number of aromatic nitrogens is 2. The minimum atomic E-state index is 0.502. The molecule has 2 aromatic rings. The second-order valence-corrected chi connectivity index (χ2v) is 7.18. The molecule has 2 aliphatic carbocycles. The summed E-state index contributed by atoms with van der Waals surface area (Å²) < 4.78 is 0. The summed E-state index contributed by atoms with van der Waals surface area (Å²) >= 11 is 0. The highest BCUT2D eigenvalue weighted by Gasteiger charge is 2.11. The molecule has 1 atom stereocenters. The maximum absolute atomic E-state index is 4.78. The fourth-order valence-corrected chi connectivity index (χ4v) is 3.55. The Morgan fingerprint density at radius 2 is 2.00 bits per heavy atom. The van der Waals surface area contributed by atoms with Crippen LogP contribution in [0.15, 0.2) is 71.9 Å². The fraction of sp³-hybridized carbons (Fsp3) is 0.304. The normalized spacial score (nSPS) is 18.9. The van der Waals surface area contributed by atoms with E-state index in [0.717, 1.165) is 49.1 Å². The van der Waals surface area contributed by atoms with Crippen molar-refractivity contribution in [1.82, 2.24) is 9.97 Å². The Hall–Kier alpha value is -2.88. The van der Waals surface area contributed by atoms with Crippen LogP contribution in [-0.4, -0.2) is 23.1 Å². The smallest absolute Gasteiger partial charge is 0.225 e. The molecule has 0 bridgehead atoms. The highest BCUT2D eigenvalue weighted by atomic mass is 15.1. The molecule has 0 saturated carbocycles. The Labute approximate surface area is 160 Å². The molecule has 4 nitrogen and oxygen atoms in total. The molecule has 2 N–H and O–H groups in total. The zero-order valence-corrected chi connectivity index (χ0v) is 15.8. The molecule has 0 radical (unpaired) electrons. The van der Waals surface area contributed by atoms with Crippen molar-refractivity contribution in [2.75, 3.05) is 23.7 Å². The molecule has 1 unspecified atom stereocenters. The lowest BCUT2D eigenvalue weighted by atomic mass is 9.99. The van der Waals surface area contributed by atoms with E-state index in [-0.39, 0.29) is 0 Å². The first kappa shape index (κ1) is 17.5. The van der Waals surface area contributed by atoms with E-state index < -0.39 is 0 Å². The second kappa shape index (κ2) is 8.21. The number of anilines is 2. The van der Waals surface area contributed by atoms with Gasteiger partial charge in [0.25, 0.3) is 0 Å². The van der Waals surface area contributed by atoms with Gasteiger partial charge in [0.15, 0.2) is 0 Å². The van der Waals surface area contributed by atoms with E-state index in [2.05, 4.69) is 60.1 Å². The zero-order valence-electron chi connectivity index (χ0n) is 15.8. The van der Waals surface area contributed by atoms with Gasteiger partial charge in [-0.05, 0) is 49.8 Å². The van der Waals surface area contributed by atoms with E-state index in [1.54, 1.807) is 0 Å². The van der Waals surface area contributed by atoms with Gasteiger partial charge in [0.05, 0.1) is 5.52 Å². The topological polar surface area (TPSA) is 49.8 Å². The van der Waals surface area contributed by atoms with Crippen molar-refractivity contribution in [2.24, 2.45) is 5.92 Å². The van der Waals surface area contributed by atoms with Crippen molar-refractivity contribution in [1.29, 1.82) is 0 Å². The van der Waals surface area contributed by atoms with Crippen LogP contribution >= 0.6 is 0 Å². The maximum Gasteiger partial charge on any atom is 0.225 e. The lowest BCUT2D eigenvalue weighted by Crippen LogP contribution is -2.15. The molecule has 0 aliphatic heterocycles.